The Hall–Kier alpha value is -1.47. The molecule has 1 fully saturated rings. The zero-order chi connectivity index (χ0) is 12.7. The molecule has 1 aromatic carbocycles. The van der Waals surface area contributed by atoms with Crippen molar-refractivity contribution in [2.75, 3.05) is 6.61 Å². The SMILES string of the molecule is OC[C@@H]1O[C@H](n2cnc3ccccc32)[C@@H](O)[C@H]1O. The predicted molar refractivity (Wildman–Crippen MR) is 62.7 cm³/mol. The van der Waals surface area contributed by atoms with Crippen LogP contribution >= 0.6 is 0 Å². The fraction of sp³-hybridized carbons (Fsp3) is 0.417. The van der Waals surface area contributed by atoms with E-state index in [-0.39, 0.29) is 6.61 Å². The van der Waals surface area contributed by atoms with E-state index in [1.165, 1.54) is 0 Å². The Balaban J connectivity index is 2.00. The number of fused-ring (bicyclic) bond motifs is 1. The van der Waals surface area contributed by atoms with Gasteiger partial charge in [0.25, 0.3) is 0 Å². The van der Waals surface area contributed by atoms with E-state index in [4.69, 9.17) is 9.84 Å². The number of hydrogen-bond donors (Lipinski definition) is 3. The summed E-state index contributed by atoms with van der Waals surface area (Å²) in [5, 5.41) is 28.7. The maximum Gasteiger partial charge on any atom is 0.164 e. The number of imidazole rings is 1. The molecular weight excluding hydrogens is 236 g/mol. The van der Waals surface area contributed by atoms with Crippen molar-refractivity contribution in [3.63, 3.8) is 0 Å². The summed E-state index contributed by atoms with van der Waals surface area (Å²) in [7, 11) is 0. The van der Waals surface area contributed by atoms with Crippen molar-refractivity contribution in [1.29, 1.82) is 0 Å². The van der Waals surface area contributed by atoms with Gasteiger partial charge in [-0.3, -0.25) is 0 Å². The van der Waals surface area contributed by atoms with Crippen LogP contribution in [0, 0.1) is 0 Å². The van der Waals surface area contributed by atoms with Gasteiger partial charge in [0, 0.05) is 0 Å². The summed E-state index contributed by atoms with van der Waals surface area (Å²) in [4.78, 5) is 4.20. The molecule has 0 saturated carbocycles. The highest BCUT2D eigenvalue weighted by Crippen LogP contribution is 2.31. The van der Waals surface area contributed by atoms with Crippen LogP contribution in [-0.4, -0.2) is 49.8 Å². The van der Waals surface area contributed by atoms with E-state index in [9.17, 15) is 10.2 Å². The van der Waals surface area contributed by atoms with Crippen LogP contribution in [0.5, 0.6) is 0 Å². The fourth-order valence-corrected chi connectivity index (χ4v) is 2.29. The maximum absolute atomic E-state index is 9.96. The van der Waals surface area contributed by atoms with Gasteiger partial charge in [-0.25, -0.2) is 4.98 Å². The predicted octanol–water partition coefficient (Wildman–Crippen LogP) is -0.352. The summed E-state index contributed by atoms with van der Waals surface area (Å²) < 4.78 is 7.13. The minimum atomic E-state index is -1.10. The molecule has 1 aromatic heterocycles. The van der Waals surface area contributed by atoms with Gasteiger partial charge in [-0.05, 0) is 12.1 Å². The molecular formula is C12H14N2O4. The molecule has 3 rings (SSSR count). The average Bonchev–Trinajstić information content (AvgIpc) is 2.93. The van der Waals surface area contributed by atoms with Crippen LogP contribution in [0.2, 0.25) is 0 Å². The van der Waals surface area contributed by atoms with E-state index >= 15 is 0 Å². The molecule has 1 saturated heterocycles. The van der Waals surface area contributed by atoms with E-state index in [0.29, 0.717) is 0 Å². The maximum atomic E-state index is 9.96. The van der Waals surface area contributed by atoms with Crippen molar-refractivity contribution in [1.82, 2.24) is 9.55 Å². The van der Waals surface area contributed by atoms with E-state index < -0.39 is 24.5 Å². The van der Waals surface area contributed by atoms with Crippen molar-refractivity contribution >= 4 is 11.0 Å². The number of aromatic nitrogens is 2. The third-order valence-corrected chi connectivity index (χ3v) is 3.27. The quantitative estimate of drug-likeness (QED) is 0.678. The van der Waals surface area contributed by atoms with Crippen LogP contribution in [0.1, 0.15) is 6.23 Å². The van der Waals surface area contributed by atoms with Crippen LogP contribution in [-0.2, 0) is 4.74 Å². The Morgan fingerprint density at radius 2 is 2.00 bits per heavy atom. The first-order chi connectivity index (χ1) is 8.72. The Morgan fingerprint density at radius 1 is 1.22 bits per heavy atom. The Labute approximate surface area is 103 Å². The zero-order valence-electron chi connectivity index (χ0n) is 9.55. The molecule has 0 radical (unpaired) electrons. The minimum Gasteiger partial charge on any atom is -0.394 e. The summed E-state index contributed by atoms with van der Waals surface area (Å²) in [6.07, 6.45) is -2.12. The standard InChI is InChI=1S/C12H14N2O4/c15-5-9-10(16)11(17)12(18-9)14-6-13-7-3-1-2-4-8(7)14/h1-4,6,9-12,15-17H,5H2/t9-,10-,11-,12-/m0/s1. The Kier molecular flexibility index (Phi) is 2.79. The number of rotatable bonds is 2. The van der Waals surface area contributed by atoms with Gasteiger partial charge in [0.2, 0.25) is 0 Å². The van der Waals surface area contributed by atoms with Crippen LogP contribution in [0.25, 0.3) is 11.0 Å². The van der Waals surface area contributed by atoms with E-state index in [1.54, 1.807) is 10.9 Å². The smallest absolute Gasteiger partial charge is 0.164 e. The summed E-state index contributed by atoms with van der Waals surface area (Å²) in [5.41, 5.74) is 1.60. The highest BCUT2D eigenvalue weighted by Gasteiger charge is 2.43. The molecule has 0 amide bonds. The van der Waals surface area contributed by atoms with Gasteiger partial charge in [0.15, 0.2) is 6.23 Å². The second kappa shape index (κ2) is 4.33. The second-order valence-corrected chi connectivity index (χ2v) is 4.37. The summed E-state index contributed by atoms with van der Waals surface area (Å²) in [6.45, 7) is -0.332. The van der Waals surface area contributed by atoms with Gasteiger partial charge in [0.05, 0.1) is 24.0 Å². The van der Waals surface area contributed by atoms with Crippen molar-refractivity contribution in [2.24, 2.45) is 0 Å². The van der Waals surface area contributed by atoms with Crippen molar-refractivity contribution < 1.29 is 20.1 Å². The monoisotopic (exact) mass is 250 g/mol. The second-order valence-electron chi connectivity index (χ2n) is 4.37. The number of nitrogens with zero attached hydrogens (tertiary/aromatic N) is 2. The normalized spacial score (nSPS) is 32.2. The lowest BCUT2D eigenvalue weighted by atomic mass is 10.1. The first-order valence-corrected chi connectivity index (χ1v) is 5.76. The Bertz CT molecular complexity index is 556. The lowest BCUT2D eigenvalue weighted by Gasteiger charge is -2.16. The molecule has 96 valence electrons. The number of aliphatic hydroxyl groups excluding tert-OH is 3. The summed E-state index contributed by atoms with van der Waals surface area (Å²) in [5.74, 6) is 0. The minimum absolute atomic E-state index is 0.332. The number of aliphatic hydroxyl groups is 3. The molecule has 2 heterocycles. The number of ether oxygens (including phenoxy) is 1. The van der Waals surface area contributed by atoms with E-state index in [0.717, 1.165) is 11.0 Å². The van der Waals surface area contributed by atoms with Crippen LogP contribution in [0.4, 0.5) is 0 Å². The molecule has 1 aliphatic heterocycles. The highest BCUT2D eigenvalue weighted by atomic mass is 16.6. The molecule has 0 spiro atoms. The van der Waals surface area contributed by atoms with Gasteiger partial charge in [0.1, 0.15) is 18.3 Å². The molecule has 2 aromatic rings. The molecule has 18 heavy (non-hydrogen) atoms. The van der Waals surface area contributed by atoms with E-state index in [2.05, 4.69) is 4.98 Å². The Morgan fingerprint density at radius 3 is 2.72 bits per heavy atom. The molecule has 1 aliphatic rings. The largest absolute Gasteiger partial charge is 0.394 e. The number of para-hydroxylation sites is 2. The molecule has 0 aliphatic carbocycles. The molecule has 3 N–H and O–H groups in total. The third kappa shape index (κ3) is 1.62. The lowest BCUT2D eigenvalue weighted by Crippen LogP contribution is -2.33. The lowest BCUT2D eigenvalue weighted by molar-refractivity contribution is -0.0508. The molecule has 6 heteroatoms. The van der Waals surface area contributed by atoms with Gasteiger partial charge in [-0.15, -0.1) is 0 Å². The van der Waals surface area contributed by atoms with Crippen LogP contribution < -0.4 is 0 Å². The van der Waals surface area contributed by atoms with Gasteiger partial charge >= 0.3 is 0 Å². The summed E-state index contributed by atoms with van der Waals surface area (Å²) >= 11 is 0. The molecule has 0 unspecified atom stereocenters. The van der Waals surface area contributed by atoms with Crippen molar-refractivity contribution in [2.45, 2.75) is 24.5 Å². The average molecular weight is 250 g/mol. The number of benzene rings is 1. The first kappa shape index (κ1) is 11.6. The third-order valence-electron chi connectivity index (χ3n) is 3.27. The fourth-order valence-electron chi connectivity index (χ4n) is 2.29. The van der Waals surface area contributed by atoms with Crippen molar-refractivity contribution in [3.05, 3.63) is 30.6 Å². The summed E-state index contributed by atoms with van der Waals surface area (Å²) in [6, 6.07) is 7.45. The first-order valence-electron chi connectivity index (χ1n) is 5.76. The molecule has 6 nitrogen and oxygen atoms in total. The van der Waals surface area contributed by atoms with E-state index in [1.807, 2.05) is 24.3 Å². The highest BCUT2D eigenvalue weighted by molar-refractivity contribution is 5.75. The van der Waals surface area contributed by atoms with Crippen LogP contribution in [0.15, 0.2) is 30.6 Å². The van der Waals surface area contributed by atoms with Gasteiger partial charge in [-0.1, -0.05) is 12.1 Å². The van der Waals surface area contributed by atoms with Gasteiger partial charge < -0.3 is 24.6 Å². The molecule has 0 bridgehead atoms. The number of hydrogen-bond acceptors (Lipinski definition) is 5. The van der Waals surface area contributed by atoms with Crippen LogP contribution in [0.3, 0.4) is 0 Å². The topological polar surface area (TPSA) is 87.7 Å². The van der Waals surface area contributed by atoms with Crippen molar-refractivity contribution in [3.8, 4) is 0 Å². The van der Waals surface area contributed by atoms with Gasteiger partial charge in [-0.2, -0.15) is 0 Å². The zero-order valence-corrected chi connectivity index (χ0v) is 9.55. The molecule has 4 atom stereocenters.